The van der Waals surface area contributed by atoms with Crippen molar-refractivity contribution in [3.63, 3.8) is 0 Å². The number of nitrogens with one attached hydrogen (secondary N) is 3. The van der Waals surface area contributed by atoms with Crippen LogP contribution in [0.3, 0.4) is 0 Å². The third-order valence-corrected chi connectivity index (χ3v) is 5.17. The van der Waals surface area contributed by atoms with Crippen molar-refractivity contribution in [3.8, 4) is 11.4 Å². The van der Waals surface area contributed by atoms with Gasteiger partial charge < -0.3 is 20.5 Å². The van der Waals surface area contributed by atoms with Crippen LogP contribution in [0.5, 0.6) is 0 Å². The van der Waals surface area contributed by atoms with Gasteiger partial charge in [0.1, 0.15) is 11.8 Å². The number of carbonyl (C=O) groups is 1. The zero-order chi connectivity index (χ0) is 21.3. The van der Waals surface area contributed by atoms with Crippen LogP contribution in [0.15, 0.2) is 24.7 Å². The number of H-pyrrole nitrogens is 1. The SMILES string of the molecule is CC(C)NC(=O)N1CCCCC1Nc1nc(-c2c[nH]c3ncc(Cl)cc23)ncc1F. The summed E-state index contributed by atoms with van der Waals surface area (Å²) in [6.07, 6.45) is 6.59. The quantitative estimate of drug-likeness (QED) is 0.576. The van der Waals surface area contributed by atoms with Gasteiger partial charge in [0.05, 0.1) is 11.2 Å². The lowest BCUT2D eigenvalue weighted by atomic mass is 10.1. The lowest BCUT2D eigenvalue weighted by Gasteiger charge is -2.36. The van der Waals surface area contributed by atoms with E-state index in [0.29, 0.717) is 35.0 Å². The first-order valence-corrected chi connectivity index (χ1v) is 10.3. The normalized spacial score (nSPS) is 16.8. The summed E-state index contributed by atoms with van der Waals surface area (Å²) in [6.45, 7) is 4.41. The molecule has 0 bridgehead atoms. The molecule has 1 atom stereocenters. The highest BCUT2D eigenvalue weighted by Gasteiger charge is 2.28. The molecule has 0 spiro atoms. The Morgan fingerprint density at radius 1 is 1.33 bits per heavy atom. The van der Waals surface area contributed by atoms with Crippen molar-refractivity contribution in [2.45, 2.75) is 45.3 Å². The lowest BCUT2D eigenvalue weighted by molar-refractivity contribution is 0.158. The van der Waals surface area contributed by atoms with Gasteiger partial charge in [0, 0.05) is 35.9 Å². The Morgan fingerprint density at radius 3 is 2.97 bits per heavy atom. The van der Waals surface area contributed by atoms with E-state index in [2.05, 4.69) is 30.6 Å². The van der Waals surface area contributed by atoms with E-state index in [0.717, 1.165) is 24.4 Å². The van der Waals surface area contributed by atoms with Crippen LogP contribution >= 0.6 is 11.6 Å². The number of rotatable bonds is 4. The fraction of sp³-hybridized carbons (Fsp3) is 0.400. The number of piperidine rings is 1. The third kappa shape index (κ3) is 4.16. The van der Waals surface area contributed by atoms with Crippen molar-refractivity contribution < 1.29 is 9.18 Å². The van der Waals surface area contributed by atoms with Gasteiger partial charge in [-0.15, -0.1) is 0 Å². The Hall–Kier alpha value is -2.94. The van der Waals surface area contributed by atoms with Gasteiger partial charge in [-0.25, -0.2) is 24.1 Å². The molecule has 30 heavy (non-hydrogen) atoms. The molecule has 1 saturated heterocycles. The van der Waals surface area contributed by atoms with Gasteiger partial charge in [-0.3, -0.25) is 0 Å². The highest BCUT2D eigenvalue weighted by atomic mass is 35.5. The number of anilines is 1. The van der Waals surface area contributed by atoms with E-state index in [1.807, 2.05) is 13.8 Å². The molecule has 1 aliphatic rings. The van der Waals surface area contributed by atoms with Crippen LogP contribution in [0.4, 0.5) is 15.0 Å². The molecular weight excluding hydrogens is 409 g/mol. The summed E-state index contributed by atoms with van der Waals surface area (Å²) < 4.78 is 14.5. The number of nitrogens with zero attached hydrogens (tertiary/aromatic N) is 4. The van der Waals surface area contributed by atoms with Crippen LogP contribution in [0.25, 0.3) is 22.4 Å². The molecule has 1 fully saturated rings. The molecule has 4 rings (SSSR count). The molecule has 0 aromatic carbocycles. The zero-order valence-corrected chi connectivity index (χ0v) is 17.5. The number of fused-ring (bicyclic) bond motifs is 1. The Morgan fingerprint density at radius 2 is 2.17 bits per heavy atom. The van der Waals surface area contributed by atoms with E-state index in [1.165, 1.54) is 0 Å². The molecule has 2 amide bonds. The van der Waals surface area contributed by atoms with Crippen molar-refractivity contribution in [1.29, 1.82) is 0 Å². The molecule has 10 heteroatoms. The van der Waals surface area contributed by atoms with Crippen LogP contribution in [0.2, 0.25) is 5.02 Å². The Kier molecular flexibility index (Phi) is 5.72. The highest BCUT2D eigenvalue weighted by Crippen LogP contribution is 2.29. The van der Waals surface area contributed by atoms with Crippen LogP contribution < -0.4 is 10.6 Å². The Labute approximate surface area is 178 Å². The number of amides is 2. The van der Waals surface area contributed by atoms with E-state index in [9.17, 15) is 9.18 Å². The fourth-order valence-corrected chi connectivity index (χ4v) is 3.73. The molecule has 0 saturated carbocycles. The summed E-state index contributed by atoms with van der Waals surface area (Å²) in [6, 6.07) is 1.60. The maximum Gasteiger partial charge on any atom is 0.319 e. The van der Waals surface area contributed by atoms with Gasteiger partial charge >= 0.3 is 6.03 Å². The van der Waals surface area contributed by atoms with Gasteiger partial charge in [0.25, 0.3) is 0 Å². The summed E-state index contributed by atoms with van der Waals surface area (Å²) in [5, 5.41) is 7.23. The fourth-order valence-electron chi connectivity index (χ4n) is 3.57. The van der Waals surface area contributed by atoms with Crippen molar-refractivity contribution in [3.05, 3.63) is 35.5 Å². The van der Waals surface area contributed by atoms with Crippen molar-refractivity contribution in [2.75, 3.05) is 11.9 Å². The average molecular weight is 432 g/mol. The molecular formula is C20H23ClFN7O. The Bertz CT molecular complexity index is 1070. The van der Waals surface area contributed by atoms with E-state index in [-0.39, 0.29) is 24.1 Å². The molecule has 1 unspecified atom stereocenters. The van der Waals surface area contributed by atoms with Crippen LogP contribution in [0.1, 0.15) is 33.1 Å². The van der Waals surface area contributed by atoms with Crippen LogP contribution in [0, 0.1) is 5.82 Å². The minimum Gasteiger partial charge on any atom is -0.347 e. The third-order valence-electron chi connectivity index (χ3n) is 4.96. The van der Waals surface area contributed by atoms with E-state index in [1.54, 1.807) is 23.4 Å². The maximum absolute atomic E-state index is 14.5. The van der Waals surface area contributed by atoms with Crippen LogP contribution in [-0.4, -0.2) is 49.6 Å². The number of halogens is 2. The second-order valence-electron chi connectivity index (χ2n) is 7.60. The number of aromatic nitrogens is 4. The number of pyridine rings is 1. The number of hydrogen-bond acceptors (Lipinski definition) is 5. The summed E-state index contributed by atoms with van der Waals surface area (Å²) in [7, 11) is 0. The zero-order valence-electron chi connectivity index (χ0n) is 16.7. The van der Waals surface area contributed by atoms with Gasteiger partial charge in [-0.2, -0.15) is 0 Å². The lowest BCUT2D eigenvalue weighted by Crippen LogP contribution is -2.53. The summed E-state index contributed by atoms with van der Waals surface area (Å²) in [5.41, 5.74) is 1.31. The molecule has 4 heterocycles. The molecule has 3 N–H and O–H groups in total. The van der Waals surface area contributed by atoms with Gasteiger partial charge in [-0.05, 0) is 39.2 Å². The standard InChI is InChI=1S/C20H23ClFN7O/c1-11(2)26-20(30)29-6-4-3-5-16(29)27-19-15(22)10-25-18(28-19)14-9-24-17-13(14)7-12(21)8-23-17/h7-11,16H,3-6H2,1-2H3,(H,23,24)(H,26,30)(H,25,27,28). The number of urea groups is 1. The first-order chi connectivity index (χ1) is 14.4. The van der Waals surface area contributed by atoms with Gasteiger partial charge in [-0.1, -0.05) is 11.6 Å². The summed E-state index contributed by atoms with van der Waals surface area (Å²) >= 11 is 6.07. The minimum absolute atomic E-state index is 0.0183. The van der Waals surface area contributed by atoms with Crippen molar-refractivity contribution in [2.24, 2.45) is 0 Å². The largest absolute Gasteiger partial charge is 0.347 e. The van der Waals surface area contributed by atoms with Gasteiger partial charge in [0.15, 0.2) is 17.5 Å². The minimum atomic E-state index is -0.579. The molecule has 1 aliphatic heterocycles. The Balaban J connectivity index is 1.63. The molecule has 3 aromatic rings. The molecule has 0 radical (unpaired) electrons. The molecule has 0 aliphatic carbocycles. The summed E-state index contributed by atoms with van der Waals surface area (Å²) in [5.74, 6) is -0.189. The average Bonchev–Trinajstić information content (AvgIpc) is 3.12. The maximum atomic E-state index is 14.5. The molecule has 3 aromatic heterocycles. The predicted octanol–water partition coefficient (Wildman–Crippen LogP) is 4.15. The van der Waals surface area contributed by atoms with E-state index < -0.39 is 5.82 Å². The van der Waals surface area contributed by atoms with Gasteiger partial charge in [0.2, 0.25) is 0 Å². The number of hydrogen-bond donors (Lipinski definition) is 3. The smallest absolute Gasteiger partial charge is 0.319 e. The predicted molar refractivity (Wildman–Crippen MR) is 114 cm³/mol. The van der Waals surface area contributed by atoms with Crippen LogP contribution in [-0.2, 0) is 0 Å². The molecule has 158 valence electrons. The van der Waals surface area contributed by atoms with E-state index >= 15 is 0 Å². The second kappa shape index (κ2) is 8.43. The molecule has 8 nitrogen and oxygen atoms in total. The first kappa shape index (κ1) is 20.3. The highest BCUT2D eigenvalue weighted by molar-refractivity contribution is 6.31. The van der Waals surface area contributed by atoms with Crippen molar-refractivity contribution >= 4 is 34.5 Å². The summed E-state index contributed by atoms with van der Waals surface area (Å²) in [4.78, 5) is 30.1. The number of likely N-dealkylation sites (tertiary alicyclic amines) is 1. The monoisotopic (exact) mass is 431 g/mol. The topological polar surface area (TPSA) is 98.8 Å². The number of carbonyl (C=O) groups excluding carboxylic acids is 1. The number of aromatic amines is 1. The van der Waals surface area contributed by atoms with E-state index in [4.69, 9.17) is 11.6 Å². The van der Waals surface area contributed by atoms with Crippen molar-refractivity contribution in [1.82, 2.24) is 30.2 Å². The first-order valence-electron chi connectivity index (χ1n) is 9.91. The second-order valence-corrected chi connectivity index (χ2v) is 8.03.